The molecule has 1 heterocycles. The number of ether oxygens (including phenoxy) is 1. The predicted molar refractivity (Wildman–Crippen MR) is 136 cm³/mol. The zero-order chi connectivity index (χ0) is 25.7. The molecule has 0 radical (unpaired) electrons. The summed E-state index contributed by atoms with van der Waals surface area (Å²) in [7, 11) is 1.60. The second-order valence-electron chi connectivity index (χ2n) is 8.69. The standard InChI is InChI=1S/C27H27ClN2O6/c1-35-23-9-5-18(6-10-23)24-15-29-25(36-24)16-30(27(34)19-3-7-22(31)8-4-19)21-13-17(2-11-26(32)33)12-20(28)14-21/h2,5-6,9-15,19,22,31H,3-4,7-8,16H2,1H3,(H,32,33). The molecule has 1 aromatic heterocycles. The monoisotopic (exact) mass is 510 g/mol. The number of oxazole rings is 1. The van der Waals surface area contributed by atoms with E-state index in [1.807, 2.05) is 24.3 Å². The number of aromatic nitrogens is 1. The fourth-order valence-electron chi connectivity index (χ4n) is 4.26. The third kappa shape index (κ3) is 6.33. The van der Waals surface area contributed by atoms with Gasteiger partial charge in [-0.3, -0.25) is 4.79 Å². The molecule has 1 amide bonds. The van der Waals surface area contributed by atoms with Crippen LogP contribution in [0.2, 0.25) is 5.02 Å². The molecule has 0 aliphatic heterocycles. The van der Waals surface area contributed by atoms with E-state index in [0.717, 1.165) is 17.4 Å². The van der Waals surface area contributed by atoms with Gasteiger partial charge in [0.25, 0.3) is 0 Å². The summed E-state index contributed by atoms with van der Waals surface area (Å²) in [6.07, 6.45) is 5.93. The summed E-state index contributed by atoms with van der Waals surface area (Å²) >= 11 is 6.33. The average Bonchev–Trinajstić information content (AvgIpc) is 3.34. The Morgan fingerprint density at radius 1 is 1.17 bits per heavy atom. The van der Waals surface area contributed by atoms with Crippen molar-refractivity contribution in [1.29, 1.82) is 0 Å². The number of carboxylic acids is 1. The van der Waals surface area contributed by atoms with Crippen molar-refractivity contribution in [1.82, 2.24) is 4.98 Å². The minimum atomic E-state index is -1.09. The van der Waals surface area contributed by atoms with Crippen LogP contribution in [0.25, 0.3) is 17.4 Å². The number of carbonyl (C=O) groups excluding carboxylic acids is 1. The maximum atomic E-state index is 13.7. The summed E-state index contributed by atoms with van der Waals surface area (Å²) in [5, 5.41) is 19.2. The van der Waals surface area contributed by atoms with Gasteiger partial charge in [-0.25, -0.2) is 9.78 Å². The van der Waals surface area contributed by atoms with E-state index in [9.17, 15) is 14.7 Å². The van der Waals surface area contributed by atoms with Crippen LogP contribution in [-0.2, 0) is 16.1 Å². The van der Waals surface area contributed by atoms with Crippen molar-refractivity contribution < 1.29 is 29.0 Å². The Morgan fingerprint density at radius 2 is 1.89 bits per heavy atom. The zero-order valence-corrected chi connectivity index (χ0v) is 20.5. The Balaban J connectivity index is 1.64. The Morgan fingerprint density at radius 3 is 2.56 bits per heavy atom. The first-order valence-electron chi connectivity index (χ1n) is 11.6. The van der Waals surface area contributed by atoms with Gasteiger partial charge >= 0.3 is 5.97 Å². The molecule has 2 N–H and O–H groups in total. The van der Waals surface area contributed by atoms with E-state index in [2.05, 4.69) is 4.98 Å². The van der Waals surface area contributed by atoms with Crippen molar-refractivity contribution in [2.75, 3.05) is 12.0 Å². The van der Waals surface area contributed by atoms with Gasteiger partial charge in [0.1, 0.15) is 12.3 Å². The van der Waals surface area contributed by atoms with Gasteiger partial charge in [-0.2, -0.15) is 0 Å². The largest absolute Gasteiger partial charge is 0.497 e. The first kappa shape index (κ1) is 25.5. The van der Waals surface area contributed by atoms with Gasteiger partial charge in [0.15, 0.2) is 5.76 Å². The third-order valence-corrected chi connectivity index (χ3v) is 6.39. The first-order valence-corrected chi connectivity index (χ1v) is 12.0. The number of carbonyl (C=O) groups is 2. The number of hydrogen-bond donors (Lipinski definition) is 2. The van der Waals surface area contributed by atoms with E-state index in [0.29, 0.717) is 53.6 Å². The van der Waals surface area contributed by atoms with Gasteiger partial charge in [0, 0.05) is 28.3 Å². The maximum Gasteiger partial charge on any atom is 0.328 e. The van der Waals surface area contributed by atoms with Crippen LogP contribution >= 0.6 is 11.6 Å². The van der Waals surface area contributed by atoms with Crippen LogP contribution in [0.3, 0.4) is 0 Å². The van der Waals surface area contributed by atoms with Gasteiger partial charge in [-0.15, -0.1) is 0 Å². The van der Waals surface area contributed by atoms with Gasteiger partial charge in [-0.05, 0) is 79.8 Å². The minimum absolute atomic E-state index is 0.0659. The molecule has 2 aromatic carbocycles. The lowest BCUT2D eigenvalue weighted by Crippen LogP contribution is -2.38. The molecule has 1 aliphatic carbocycles. The molecule has 8 nitrogen and oxygen atoms in total. The molecule has 0 saturated heterocycles. The summed E-state index contributed by atoms with van der Waals surface area (Å²) in [6.45, 7) is 0.0659. The number of hydrogen-bond acceptors (Lipinski definition) is 6. The topological polar surface area (TPSA) is 113 Å². The quantitative estimate of drug-likeness (QED) is 0.401. The molecule has 1 saturated carbocycles. The number of rotatable bonds is 8. The van der Waals surface area contributed by atoms with Crippen LogP contribution in [0.4, 0.5) is 5.69 Å². The number of carboxylic acid groups (broad SMARTS) is 1. The SMILES string of the molecule is COc1ccc(-c2cnc(CN(C(=O)C3CCC(O)CC3)c3cc(Cl)cc(C=CC(=O)O)c3)o2)cc1. The Kier molecular flexibility index (Phi) is 8.07. The average molecular weight is 511 g/mol. The normalized spacial score (nSPS) is 17.8. The molecule has 1 aliphatic rings. The fraction of sp³-hybridized carbons (Fsp3) is 0.296. The van der Waals surface area contributed by atoms with Gasteiger partial charge in [0.05, 0.1) is 19.4 Å². The number of anilines is 1. The van der Waals surface area contributed by atoms with E-state index in [4.69, 9.17) is 25.9 Å². The molecule has 0 spiro atoms. The van der Waals surface area contributed by atoms with E-state index in [1.54, 1.807) is 36.4 Å². The van der Waals surface area contributed by atoms with Gasteiger partial charge < -0.3 is 24.3 Å². The zero-order valence-electron chi connectivity index (χ0n) is 19.8. The lowest BCUT2D eigenvalue weighted by molar-refractivity contribution is -0.131. The molecule has 0 unspecified atom stereocenters. The lowest BCUT2D eigenvalue weighted by Gasteiger charge is -2.30. The number of aliphatic carboxylic acids is 1. The molecule has 188 valence electrons. The summed E-state index contributed by atoms with van der Waals surface area (Å²) in [5.41, 5.74) is 1.87. The predicted octanol–water partition coefficient (Wildman–Crippen LogP) is 5.19. The fourth-order valence-corrected chi connectivity index (χ4v) is 4.50. The van der Waals surface area contributed by atoms with Crippen molar-refractivity contribution in [3.8, 4) is 17.1 Å². The molecule has 36 heavy (non-hydrogen) atoms. The molecule has 0 bridgehead atoms. The second-order valence-corrected chi connectivity index (χ2v) is 9.13. The van der Waals surface area contributed by atoms with Crippen molar-refractivity contribution >= 4 is 35.2 Å². The molecule has 1 fully saturated rings. The van der Waals surface area contributed by atoms with Crippen molar-refractivity contribution in [3.63, 3.8) is 0 Å². The van der Waals surface area contributed by atoms with Crippen LogP contribution in [0.1, 0.15) is 37.1 Å². The van der Waals surface area contributed by atoms with Crippen LogP contribution in [0.15, 0.2) is 59.2 Å². The molecule has 4 rings (SSSR count). The molecule has 3 aromatic rings. The lowest BCUT2D eigenvalue weighted by atomic mass is 9.86. The van der Waals surface area contributed by atoms with Crippen molar-refractivity contribution in [2.24, 2.45) is 5.92 Å². The Labute approximate surface area is 213 Å². The van der Waals surface area contributed by atoms with Crippen LogP contribution in [-0.4, -0.2) is 40.3 Å². The third-order valence-electron chi connectivity index (χ3n) is 6.17. The van der Waals surface area contributed by atoms with Crippen molar-refractivity contribution in [3.05, 3.63) is 71.2 Å². The van der Waals surface area contributed by atoms with E-state index in [1.165, 1.54) is 6.08 Å². The maximum absolute atomic E-state index is 13.7. The summed E-state index contributed by atoms with van der Waals surface area (Å²) in [5.74, 6) is 0.144. The Bertz CT molecular complexity index is 1250. The van der Waals surface area contributed by atoms with Crippen LogP contribution < -0.4 is 9.64 Å². The van der Waals surface area contributed by atoms with E-state index < -0.39 is 5.97 Å². The Hall–Kier alpha value is -3.62. The highest BCUT2D eigenvalue weighted by Crippen LogP contribution is 2.32. The van der Waals surface area contributed by atoms with E-state index in [-0.39, 0.29) is 24.5 Å². The summed E-state index contributed by atoms with van der Waals surface area (Å²) < 4.78 is 11.2. The minimum Gasteiger partial charge on any atom is -0.497 e. The van der Waals surface area contributed by atoms with Crippen LogP contribution in [0, 0.1) is 5.92 Å². The first-order chi connectivity index (χ1) is 17.3. The number of aliphatic hydroxyl groups excluding tert-OH is 1. The summed E-state index contributed by atoms with van der Waals surface area (Å²) in [6, 6.07) is 12.3. The summed E-state index contributed by atoms with van der Waals surface area (Å²) in [4.78, 5) is 30.6. The number of methoxy groups -OCH3 is 1. The number of nitrogens with zero attached hydrogens (tertiary/aromatic N) is 2. The molecule has 0 atom stereocenters. The molecular weight excluding hydrogens is 484 g/mol. The smallest absolute Gasteiger partial charge is 0.328 e. The number of halogens is 1. The highest BCUT2D eigenvalue weighted by atomic mass is 35.5. The van der Waals surface area contributed by atoms with Crippen molar-refractivity contribution in [2.45, 2.75) is 38.3 Å². The van der Waals surface area contributed by atoms with Gasteiger partial charge in [0.2, 0.25) is 11.8 Å². The second kappa shape index (κ2) is 11.4. The highest BCUT2D eigenvalue weighted by Gasteiger charge is 2.30. The van der Waals surface area contributed by atoms with Gasteiger partial charge in [-0.1, -0.05) is 11.6 Å². The highest BCUT2D eigenvalue weighted by molar-refractivity contribution is 6.31. The molecule has 9 heteroatoms. The van der Waals surface area contributed by atoms with Crippen LogP contribution in [0.5, 0.6) is 5.75 Å². The molecular formula is C27H27ClN2O6. The number of amides is 1. The number of benzene rings is 2. The number of aliphatic hydroxyl groups is 1. The van der Waals surface area contributed by atoms with E-state index >= 15 is 0 Å².